The molecule has 4 heteroatoms. The Balaban J connectivity index is 1.67. The first-order valence-electron chi connectivity index (χ1n) is 8.92. The number of hydrogen-bond acceptors (Lipinski definition) is 4. The van der Waals surface area contributed by atoms with Crippen LogP contribution in [0.5, 0.6) is 5.75 Å². The Labute approximate surface area is 158 Å². The summed E-state index contributed by atoms with van der Waals surface area (Å²) in [7, 11) is 1.67. The van der Waals surface area contributed by atoms with E-state index in [1.165, 1.54) is 33.6 Å². The first kappa shape index (κ1) is 17.0. The average molecular weight is 362 g/mol. The number of thiazole rings is 1. The van der Waals surface area contributed by atoms with E-state index in [1.807, 2.05) is 30.5 Å². The van der Waals surface area contributed by atoms with Crippen molar-refractivity contribution >= 4 is 22.7 Å². The Morgan fingerprint density at radius 3 is 2.62 bits per heavy atom. The molecule has 1 aliphatic carbocycles. The van der Waals surface area contributed by atoms with E-state index in [4.69, 9.17) is 9.72 Å². The molecule has 132 valence electrons. The van der Waals surface area contributed by atoms with Gasteiger partial charge in [0.2, 0.25) is 5.13 Å². The fraction of sp³-hybridized carbons (Fsp3) is 0.273. The fourth-order valence-electron chi connectivity index (χ4n) is 3.34. The number of fused-ring (bicyclic) bond motifs is 3. The Kier molecular flexibility index (Phi) is 4.60. The van der Waals surface area contributed by atoms with Gasteiger partial charge in [0.1, 0.15) is 5.75 Å². The molecule has 0 saturated heterocycles. The molecule has 0 amide bonds. The summed E-state index contributed by atoms with van der Waals surface area (Å²) in [6, 6.07) is 12.5. The molecule has 1 aliphatic rings. The van der Waals surface area contributed by atoms with Gasteiger partial charge in [0.05, 0.1) is 12.8 Å². The predicted octanol–water partition coefficient (Wildman–Crippen LogP) is 5.67. The van der Waals surface area contributed by atoms with Crippen LogP contribution in [-0.2, 0) is 12.8 Å². The van der Waals surface area contributed by atoms with Gasteiger partial charge < -0.3 is 4.74 Å². The monoisotopic (exact) mass is 362 g/mol. The summed E-state index contributed by atoms with van der Waals surface area (Å²) >= 11 is 1.72. The number of aromatic nitrogens is 1. The lowest BCUT2D eigenvalue weighted by molar-refractivity contribution is 0.415. The van der Waals surface area contributed by atoms with Gasteiger partial charge in [-0.05, 0) is 85.7 Å². The lowest BCUT2D eigenvalue weighted by atomic mass is 9.97. The number of methoxy groups -OCH3 is 1. The van der Waals surface area contributed by atoms with Gasteiger partial charge in [-0.15, -0.1) is 0 Å². The van der Waals surface area contributed by atoms with Gasteiger partial charge in [0, 0.05) is 16.7 Å². The minimum absolute atomic E-state index is 0.830. The maximum atomic E-state index is 5.20. The number of nitrogens with zero attached hydrogens (tertiary/aromatic N) is 2. The Bertz CT molecular complexity index is 971. The van der Waals surface area contributed by atoms with Gasteiger partial charge in [0.15, 0.2) is 0 Å². The zero-order chi connectivity index (χ0) is 18.1. The van der Waals surface area contributed by atoms with Crippen molar-refractivity contribution in [3.05, 3.63) is 63.5 Å². The summed E-state index contributed by atoms with van der Waals surface area (Å²) < 4.78 is 5.20. The minimum atomic E-state index is 0.830. The molecule has 1 heterocycles. The zero-order valence-electron chi connectivity index (χ0n) is 15.4. The van der Waals surface area contributed by atoms with Gasteiger partial charge in [-0.3, -0.25) is 0 Å². The Morgan fingerprint density at radius 2 is 1.85 bits per heavy atom. The third-order valence-electron chi connectivity index (χ3n) is 4.95. The second kappa shape index (κ2) is 7.04. The number of aryl methyl sites for hydroxylation is 4. The Hall–Kier alpha value is -2.46. The lowest BCUT2D eigenvalue weighted by Crippen LogP contribution is -1.92. The van der Waals surface area contributed by atoms with Crippen LogP contribution in [0.3, 0.4) is 0 Å². The largest absolute Gasteiger partial charge is 0.497 e. The molecule has 0 bridgehead atoms. The molecule has 3 nitrogen and oxygen atoms in total. The van der Waals surface area contributed by atoms with E-state index < -0.39 is 0 Å². The highest BCUT2D eigenvalue weighted by atomic mass is 32.1. The van der Waals surface area contributed by atoms with E-state index in [1.54, 1.807) is 18.4 Å². The second-order valence-electron chi connectivity index (χ2n) is 6.75. The maximum absolute atomic E-state index is 5.20. The molecule has 0 N–H and O–H groups in total. The molecular formula is C22H22N2OS. The van der Waals surface area contributed by atoms with Crippen molar-refractivity contribution in [3.8, 4) is 17.0 Å². The lowest BCUT2D eigenvalue weighted by Gasteiger charge is -2.09. The molecule has 1 aromatic heterocycles. The van der Waals surface area contributed by atoms with Crippen molar-refractivity contribution in [1.82, 2.24) is 4.98 Å². The normalized spacial score (nSPS) is 13.3. The molecular weight excluding hydrogens is 340 g/mol. The summed E-state index contributed by atoms with van der Waals surface area (Å²) in [4.78, 5) is 10.8. The van der Waals surface area contributed by atoms with Crippen molar-refractivity contribution in [2.75, 3.05) is 7.11 Å². The number of ether oxygens (including phenoxy) is 1. The van der Waals surface area contributed by atoms with E-state index in [-0.39, 0.29) is 0 Å². The number of aliphatic imine (C=N–C) groups is 1. The molecule has 0 spiro atoms. The van der Waals surface area contributed by atoms with Crippen LogP contribution in [0.15, 0.2) is 41.4 Å². The van der Waals surface area contributed by atoms with Crippen molar-refractivity contribution < 1.29 is 4.74 Å². The van der Waals surface area contributed by atoms with Gasteiger partial charge in [0.25, 0.3) is 0 Å². The highest BCUT2D eigenvalue weighted by Crippen LogP contribution is 2.39. The van der Waals surface area contributed by atoms with Gasteiger partial charge >= 0.3 is 0 Å². The predicted molar refractivity (Wildman–Crippen MR) is 109 cm³/mol. The van der Waals surface area contributed by atoms with Crippen molar-refractivity contribution in [1.29, 1.82) is 0 Å². The van der Waals surface area contributed by atoms with Crippen LogP contribution in [0.1, 0.15) is 33.6 Å². The first-order chi connectivity index (χ1) is 12.6. The van der Waals surface area contributed by atoms with Gasteiger partial charge in [-0.2, -0.15) is 0 Å². The van der Waals surface area contributed by atoms with Crippen LogP contribution < -0.4 is 4.74 Å². The molecule has 0 fully saturated rings. The summed E-state index contributed by atoms with van der Waals surface area (Å²) in [5.41, 5.74) is 7.58. The molecule has 0 atom stereocenters. The van der Waals surface area contributed by atoms with Crippen LogP contribution in [-0.4, -0.2) is 18.3 Å². The van der Waals surface area contributed by atoms with Crippen LogP contribution >= 0.6 is 11.3 Å². The molecule has 0 saturated carbocycles. The average Bonchev–Trinajstić information content (AvgIpc) is 2.99. The fourth-order valence-corrected chi connectivity index (χ4v) is 4.30. The van der Waals surface area contributed by atoms with E-state index >= 15 is 0 Å². The van der Waals surface area contributed by atoms with E-state index in [0.29, 0.717) is 0 Å². The van der Waals surface area contributed by atoms with Crippen molar-refractivity contribution in [2.45, 2.75) is 33.1 Å². The number of rotatable bonds is 3. The summed E-state index contributed by atoms with van der Waals surface area (Å²) in [5.74, 6) is 0.852. The molecule has 2 aromatic carbocycles. The van der Waals surface area contributed by atoms with Gasteiger partial charge in [-0.1, -0.05) is 17.4 Å². The highest BCUT2D eigenvalue weighted by Gasteiger charge is 2.19. The third kappa shape index (κ3) is 3.29. The SMILES string of the molecule is COc1ccc(/C=N/c2nc3c(s2)CCCc2cc(C)c(C)cc2-3)cc1. The smallest absolute Gasteiger partial charge is 0.209 e. The minimum Gasteiger partial charge on any atom is -0.497 e. The third-order valence-corrected chi connectivity index (χ3v) is 5.97. The summed E-state index contributed by atoms with van der Waals surface area (Å²) in [6.07, 6.45) is 5.26. The van der Waals surface area contributed by atoms with Crippen LogP contribution in [0, 0.1) is 13.8 Å². The van der Waals surface area contributed by atoms with Gasteiger partial charge in [-0.25, -0.2) is 9.98 Å². The maximum Gasteiger partial charge on any atom is 0.209 e. The Morgan fingerprint density at radius 1 is 1.08 bits per heavy atom. The van der Waals surface area contributed by atoms with E-state index in [0.717, 1.165) is 35.0 Å². The molecule has 3 aromatic rings. The standard InChI is InChI=1S/C22H22N2OS/c1-14-11-17-5-4-6-20-21(19(17)12-15(14)2)24-22(26-20)23-13-16-7-9-18(25-3)10-8-16/h7-13H,4-6H2,1-3H3/b23-13+. The van der Waals surface area contributed by atoms with Crippen molar-refractivity contribution in [2.24, 2.45) is 4.99 Å². The zero-order valence-corrected chi connectivity index (χ0v) is 16.2. The van der Waals surface area contributed by atoms with Crippen molar-refractivity contribution in [3.63, 3.8) is 0 Å². The van der Waals surface area contributed by atoms with E-state index in [2.05, 4.69) is 31.0 Å². The first-order valence-corrected chi connectivity index (χ1v) is 9.74. The molecule has 0 unspecified atom stereocenters. The number of benzene rings is 2. The van der Waals surface area contributed by atoms with E-state index in [9.17, 15) is 0 Å². The summed E-state index contributed by atoms with van der Waals surface area (Å²) in [5, 5.41) is 0.830. The van der Waals surface area contributed by atoms with Crippen LogP contribution in [0.25, 0.3) is 11.3 Å². The summed E-state index contributed by atoms with van der Waals surface area (Å²) in [6.45, 7) is 4.36. The van der Waals surface area contributed by atoms with Crippen LogP contribution in [0.4, 0.5) is 5.13 Å². The molecule has 4 rings (SSSR count). The molecule has 26 heavy (non-hydrogen) atoms. The topological polar surface area (TPSA) is 34.5 Å². The quantitative estimate of drug-likeness (QED) is 0.562. The molecule has 0 radical (unpaired) electrons. The second-order valence-corrected chi connectivity index (χ2v) is 7.81. The van der Waals surface area contributed by atoms with Crippen LogP contribution in [0.2, 0.25) is 0 Å². The molecule has 0 aliphatic heterocycles. The number of hydrogen-bond donors (Lipinski definition) is 0. The highest BCUT2D eigenvalue weighted by molar-refractivity contribution is 7.15.